The largest absolute Gasteiger partial charge is 0.448 e. The van der Waals surface area contributed by atoms with E-state index in [0.717, 1.165) is 6.42 Å². The van der Waals surface area contributed by atoms with Crippen LogP contribution >= 0.6 is 23.2 Å². The zero-order valence-corrected chi connectivity index (χ0v) is 18.7. The van der Waals surface area contributed by atoms with Crippen molar-refractivity contribution in [2.45, 2.75) is 45.2 Å². The molecule has 3 aromatic rings. The summed E-state index contributed by atoms with van der Waals surface area (Å²) < 4.78 is 5.49. The van der Waals surface area contributed by atoms with Crippen LogP contribution in [0, 0.1) is 0 Å². The summed E-state index contributed by atoms with van der Waals surface area (Å²) in [6, 6.07) is 6.30. The van der Waals surface area contributed by atoms with E-state index in [4.69, 9.17) is 27.6 Å². The molecule has 1 aliphatic heterocycles. The van der Waals surface area contributed by atoms with Gasteiger partial charge in [-0.15, -0.1) is 0 Å². The number of amides is 1. The third-order valence-electron chi connectivity index (χ3n) is 5.44. The molecule has 0 spiro atoms. The van der Waals surface area contributed by atoms with Gasteiger partial charge in [-0.25, -0.2) is 0 Å². The van der Waals surface area contributed by atoms with Crippen molar-refractivity contribution in [3.05, 3.63) is 71.8 Å². The van der Waals surface area contributed by atoms with E-state index in [2.05, 4.69) is 16.0 Å². The molecule has 4 rings (SSSR count). The van der Waals surface area contributed by atoms with Gasteiger partial charge in [-0.05, 0) is 56.1 Å². The SMILES string of the molecule is CCC[C@@H](Nc1c(Nc2ccc(Cl)c3c2C(=O)NC3(C)C)c(=O)c1=O)c1ccc(Cl)o1. The quantitative estimate of drug-likeness (QED) is 0.434. The Morgan fingerprint density at radius 1 is 1.06 bits per heavy atom. The summed E-state index contributed by atoms with van der Waals surface area (Å²) in [6.45, 7) is 5.69. The van der Waals surface area contributed by atoms with Gasteiger partial charge in [0.2, 0.25) is 0 Å². The van der Waals surface area contributed by atoms with Gasteiger partial charge in [0.15, 0.2) is 5.22 Å². The highest BCUT2D eigenvalue weighted by Crippen LogP contribution is 2.41. The minimum Gasteiger partial charge on any atom is -0.448 e. The van der Waals surface area contributed by atoms with Crippen LogP contribution in [0.1, 0.15) is 61.3 Å². The zero-order valence-electron chi connectivity index (χ0n) is 17.2. The van der Waals surface area contributed by atoms with E-state index in [1.165, 1.54) is 0 Å². The third kappa shape index (κ3) is 3.62. The van der Waals surface area contributed by atoms with Crippen LogP contribution in [-0.2, 0) is 5.54 Å². The molecule has 1 atom stereocenters. The van der Waals surface area contributed by atoms with Crippen molar-refractivity contribution in [2.24, 2.45) is 0 Å². The first kappa shape index (κ1) is 21.5. The number of carbonyl (C=O) groups excluding carboxylic acids is 1. The number of nitrogens with one attached hydrogen (secondary N) is 3. The Hall–Kier alpha value is -2.77. The van der Waals surface area contributed by atoms with Gasteiger partial charge in [0.25, 0.3) is 16.8 Å². The van der Waals surface area contributed by atoms with Crippen molar-refractivity contribution < 1.29 is 9.21 Å². The third-order valence-corrected chi connectivity index (χ3v) is 5.95. The molecule has 0 aliphatic carbocycles. The van der Waals surface area contributed by atoms with Crippen molar-refractivity contribution in [2.75, 3.05) is 10.6 Å². The normalized spacial score (nSPS) is 15.6. The molecule has 1 aromatic heterocycles. The summed E-state index contributed by atoms with van der Waals surface area (Å²) in [5.74, 6) is 0.270. The Morgan fingerprint density at radius 3 is 2.42 bits per heavy atom. The average Bonchev–Trinajstić information content (AvgIpc) is 3.25. The molecule has 0 saturated carbocycles. The Morgan fingerprint density at radius 2 is 1.77 bits per heavy atom. The lowest BCUT2D eigenvalue weighted by molar-refractivity contribution is 0.0941. The summed E-state index contributed by atoms with van der Waals surface area (Å²) >= 11 is 12.2. The molecule has 2 heterocycles. The minimum atomic E-state index is -0.656. The maximum atomic E-state index is 12.6. The van der Waals surface area contributed by atoms with Crippen molar-refractivity contribution in [1.29, 1.82) is 0 Å². The molecule has 162 valence electrons. The van der Waals surface area contributed by atoms with E-state index in [1.807, 2.05) is 20.8 Å². The molecule has 7 nitrogen and oxygen atoms in total. The number of carbonyl (C=O) groups is 1. The first-order valence-corrected chi connectivity index (χ1v) is 10.7. The van der Waals surface area contributed by atoms with Crippen LogP contribution in [0.15, 0.2) is 38.3 Å². The second kappa shape index (κ2) is 7.73. The van der Waals surface area contributed by atoms with Crippen molar-refractivity contribution >= 4 is 46.2 Å². The lowest BCUT2D eigenvalue weighted by Gasteiger charge is -2.22. The Bertz CT molecular complexity index is 1250. The molecule has 0 bridgehead atoms. The summed E-state index contributed by atoms with van der Waals surface area (Å²) in [4.78, 5) is 37.3. The van der Waals surface area contributed by atoms with Gasteiger partial charge in [-0.2, -0.15) is 0 Å². The van der Waals surface area contributed by atoms with Gasteiger partial charge in [-0.1, -0.05) is 24.9 Å². The van der Waals surface area contributed by atoms with Crippen molar-refractivity contribution in [3.63, 3.8) is 0 Å². The smallest absolute Gasteiger partial charge is 0.254 e. The zero-order chi connectivity index (χ0) is 22.5. The predicted molar refractivity (Wildman–Crippen MR) is 122 cm³/mol. The van der Waals surface area contributed by atoms with E-state index < -0.39 is 16.4 Å². The fourth-order valence-corrected chi connectivity index (χ4v) is 4.53. The maximum Gasteiger partial charge on any atom is 0.254 e. The number of benzene rings is 1. The number of hydrogen-bond acceptors (Lipinski definition) is 6. The molecule has 1 amide bonds. The second-order valence-corrected chi connectivity index (χ2v) is 8.86. The summed E-state index contributed by atoms with van der Waals surface area (Å²) in [5.41, 5.74) is -0.270. The average molecular weight is 462 g/mol. The summed E-state index contributed by atoms with van der Waals surface area (Å²) in [6.07, 6.45) is 1.48. The molecular formula is C22H21Cl2N3O4. The number of hydrogen-bond donors (Lipinski definition) is 3. The topological polar surface area (TPSA) is 100 Å². The van der Waals surface area contributed by atoms with Crippen LogP contribution in [0.2, 0.25) is 10.2 Å². The van der Waals surface area contributed by atoms with Gasteiger partial charge in [0.05, 0.1) is 22.8 Å². The van der Waals surface area contributed by atoms with Crippen molar-refractivity contribution in [3.8, 4) is 0 Å². The molecule has 3 N–H and O–H groups in total. The molecule has 1 aliphatic rings. The van der Waals surface area contributed by atoms with Crippen LogP contribution in [0.4, 0.5) is 17.1 Å². The number of rotatable bonds is 7. The van der Waals surface area contributed by atoms with Gasteiger partial charge >= 0.3 is 0 Å². The Balaban J connectivity index is 1.69. The molecule has 31 heavy (non-hydrogen) atoms. The molecule has 2 aromatic carbocycles. The molecule has 0 unspecified atom stereocenters. The van der Waals surface area contributed by atoms with Crippen LogP contribution < -0.4 is 26.8 Å². The van der Waals surface area contributed by atoms with E-state index >= 15 is 0 Å². The number of halogens is 2. The van der Waals surface area contributed by atoms with E-state index in [1.54, 1.807) is 24.3 Å². The van der Waals surface area contributed by atoms with Gasteiger partial charge in [0, 0.05) is 10.6 Å². The first-order valence-electron chi connectivity index (χ1n) is 9.91. The standard InChI is InChI=1S/C22H21Cl2N3O4/c1-4-5-11(13-8-9-14(24)31-13)25-17-18(20(29)19(17)28)26-12-7-6-10(23)16-15(12)21(30)27-22(16,2)3/h6-9,11,25-26H,4-5H2,1-3H3,(H,27,30)/t11-/m1/s1. The summed E-state index contributed by atoms with van der Waals surface area (Å²) in [5, 5.41) is 9.66. The highest BCUT2D eigenvalue weighted by Gasteiger charge is 2.39. The number of furan rings is 1. The molecule has 0 saturated heterocycles. The molecule has 9 heteroatoms. The van der Waals surface area contributed by atoms with Crippen LogP contribution in [0.3, 0.4) is 0 Å². The maximum absolute atomic E-state index is 12.6. The highest BCUT2D eigenvalue weighted by atomic mass is 35.5. The van der Waals surface area contributed by atoms with Gasteiger partial charge < -0.3 is 20.4 Å². The predicted octanol–water partition coefficient (Wildman–Crippen LogP) is 4.86. The molecule has 0 fully saturated rings. The van der Waals surface area contributed by atoms with Crippen LogP contribution in [0.25, 0.3) is 0 Å². The van der Waals surface area contributed by atoms with Crippen LogP contribution in [0.5, 0.6) is 0 Å². The summed E-state index contributed by atoms with van der Waals surface area (Å²) in [7, 11) is 0. The lowest BCUT2D eigenvalue weighted by atomic mass is 9.93. The Labute approximate surface area is 188 Å². The minimum absolute atomic E-state index is 0.103. The fraction of sp³-hybridized carbons (Fsp3) is 0.318. The van der Waals surface area contributed by atoms with E-state index in [0.29, 0.717) is 34.0 Å². The monoisotopic (exact) mass is 461 g/mol. The fourth-order valence-electron chi connectivity index (χ4n) is 3.98. The number of anilines is 3. The van der Waals surface area contributed by atoms with Crippen LogP contribution in [-0.4, -0.2) is 5.91 Å². The second-order valence-electron chi connectivity index (χ2n) is 8.08. The Kier molecular flexibility index (Phi) is 5.35. The van der Waals surface area contributed by atoms with E-state index in [-0.39, 0.29) is 28.5 Å². The van der Waals surface area contributed by atoms with Crippen molar-refractivity contribution in [1.82, 2.24) is 5.32 Å². The molecular weight excluding hydrogens is 441 g/mol. The highest BCUT2D eigenvalue weighted by molar-refractivity contribution is 6.32. The van der Waals surface area contributed by atoms with Gasteiger partial charge in [0.1, 0.15) is 17.1 Å². The lowest BCUT2D eigenvalue weighted by Crippen LogP contribution is -2.37. The molecule has 0 radical (unpaired) electrons. The first-order chi connectivity index (χ1) is 14.6. The number of fused-ring (bicyclic) bond motifs is 1. The van der Waals surface area contributed by atoms with E-state index in [9.17, 15) is 14.4 Å². The van der Waals surface area contributed by atoms with Gasteiger partial charge in [-0.3, -0.25) is 14.4 Å².